The van der Waals surface area contributed by atoms with E-state index in [2.05, 4.69) is 25.1 Å². The van der Waals surface area contributed by atoms with Crippen LogP contribution in [0.15, 0.2) is 72.8 Å². The molecule has 10 heteroatoms. The minimum atomic E-state index is -0.714. The van der Waals surface area contributed by atoms with E-state index in [1.54, 1.807) is 30.0 Å². The lowest BCUT2D eigenvalue weighted by Crippen LogP contribution is -2.40. The summed E-state index contributed by atoms with van der Waals surface area (Å²) in [7, 11) is 0. The van der Waals surface area contributed by atoms with Gasteiger partial charge in [-0.1, -0.05) is 31.2 Å². The van der Waals surface area contributed by atoms with Crippen molar-refractivity contribution >= 4 is 28.5 Å². The zero-order chi connectivity index (χ0) is 27.4. The smallest absolute Gasteiger partial charge is 0.252 e. The molecule has 1 unspecified atom stereocenters. The molecule has 5 rings (SSSR count). The molecule has 1 fully saturated rings. The second kappa shape index (κ2) is 11.1. The van der Waals surface area contributed by atoms with Crippen molar-refractivity contribution in [1.82, 2.24) is 19.9 Å². The molecule has 0 bridgehead atoms. The van der Waals surface area contributed by atoms with Crippen molar-refractivity contribution in [2.24, 2.45) is 0 Å². The second-order valence-electron chi connectivity index (χ2n) is 9.00. The Morgan fingerprint density at radius 2 is 2.03 bits per heavy atom. The summed E-state index contributed by atoms with van der Waals surface area (Å²) in [4.78, 5) is 42.7. The molecule has 9 nitrogen and oxygen atoms in total. The highest BCUT2D eigenvalue weighted by atomic mass is 19.1. The van der Waals surface area contributed by atoms with Crippen molar-refractivity contribution in [2.45, 2.75) is 25.8 Å². The van der Waals surface area contributed by atoms with Crippen LogP contribution in [0.4, 0.5) is 10.2 Å². The number of ether oxygens (including phenoxy) is 1. The highest BCUT2D eigenvalue weighted by Gasteiger charge is 2.31. The van der Waals surface area contributed by atoms with E-state index in [0.29, 0.717) is 35.7 Å². The van der Waals surface area contributed by atoms with Gasteiger partial charge in [0.05, 0.1) is 23.1 Å². The summed E-state index contributed by atoms with van der Waals surface area (Å²) >= 11 is 0. The lowest BCUT2D eigenvalue weighted by molar-refractivity contribution is -0.127. The lowest BCUT2D eigenvalue weighted by Gasteiger charge is -2.25. The quantitative estimate of drug-likeness (QED) is 0.183. The zero-order valence-electron chi connectivity index (χ0n) is 21.1. The van der Waals surface area contributed by atoms with Gasteiger partial charge < -0.3 is 19.9 Å². The number of nitrogens with zero attached hydrogens (tertiary/aromatic N) is 4. The summed E-state index contributed by atoms with van der Waals surface area (Å²) in [5, 5.41) is 3.67. The van der Waals surface area contributed by atoms with E-state index in [1.807, 2.05) is 18.2 Å². The fraction of sp³-hybridized carbons (Fsp3) is 0.207. The molecule has 4 aromatic rings. The topological polar surface area (TPSA) is 105 Å². The van der Waals surface area contributed by atoms with Gasteiger partial charge in [0.1, 0.15) is 35.1 Å². The summed E-state index contributed by atoms with van der Waals surface area (Å²) in [6, 6.07) is 12.9. The highest BCUT2D eigenvalue weighted by molar-refractivity contribution is 6.18. The Kier molecular flexibility index (Phi) is 7.32. The van der Waals surface area contributed by atoms with Crippen LogP contribution in [0, 0.1) is 12.4 Å². The standard InChI is InChI=1S/C29H25FN6O3/c1-3-24(31-2)29(38)36-13-7-8-18(36)15-32-27-25-22(16-33-28(25)35-17-34-27)26(37)21-12-11-20(14-23(21)30)39-19-9-5-4-6-10-19/h3-6,9-12,14,16-18H,7-8,13,15H2,1H3,(H2,32,33,34,35)/b24-3-. The first-order valence-corrected chi connectivity index (χ1v) is 12.5. The van der Waals surface area contributed by atoms with E-state index in [9.17, 15) is 9.59 Å². The normalized spacial score (nSPS) is 15.3. The van der Waals surface area contributed by atoms with Gasteiger partial charge in [0.2, 0.25) is 5.70 Å². The van der Waals surface area contributed by atoms with Crippen LogP contribution in [0.5, 0.6) is 11.5 Å². The summed E-state index contributed by atoms with van der Waals surface area (Å²) < 4.78 is 20.7. The summed E-state index contributed by atoms with van der Waals surface area (Å²) in [5.41, 5.74) is 0.611. The number of hydrogen-bond donors (Lipinski definition) is 2. The van der Waals surface area contributed by atoms with Gasteiger partial charge in [-0.05, 0) is 37.1 Å². The molecule has 1 aliphatic heterocycles. The van der Waals surface area contributed by atoms with Gasteiger partial charge in [0.25, 0.3) is 5.91 Å². The number of aromatic nitrogens is 3. The fourth-order valence-electron chi connectivity index (χ4n) is 4.70. The molecule has 2 aromatic carbocycles. The lowest BCUT2D eigenvalue weighted by atomic mass is 10.0. The van der Waals surface area contributed by atoms with Gasteiger partial charge in [0.15, 0.2) is 5.78 Å². The molecule has 196 valence electrons. The number of likely N-dealkylation sites (tertiary alicyclic amines) is 1. The van der Waals surface area contributed by atoms with Gasteiger partial charge >= 0.3 is 0 Å². The van der Waals surface area contributed by atoms with Crippen LogP contribution in [0.25, 0.3) is 15.9 Å². The molecular formula is C29H25FN6O3. The van der Waals surface area contributed by atoms with Crippen LogP contribution in [-0.2, 0) is 4.79 Å². The Morgan fingerprint density at radius 3 is 2.77 bits per heavy atom. The number of carbonyl (C=O) groups is 2. The molecule has 1 amide bonds. The number of fused-ring (bicyclic) bond motifs is 1. The van der Waals surface area contributed by atoms with E-state index in [0.717, 1.165) is 12.8 Å². The predicted molar refractivity (Wildman–Crippen MR) is 144 cm³/mol. The molecule has 39 heavy (non-hydrogen) atoms. The minimum Gasteiger partial charge on any atom is -0.457 e. The number of aromatic amines is 1. The molecule has 1 atom stereocenters. The van der Waals surface area contributed by atoms with Crippen LogP contribution in [0.1, 0.15) is 35.7 Å². The molecule has 1 aliphatic rings. The monoisotopic (exact) mass is 524 g/mol. The molecule has 0 radical (unpaired) electrons. The van der Waals surface area contributed by atoms with E-state index in [4.69, 9.17) is 11.3 Å². The average molecular weight is 525 g/mol. The van der Waals surface area contributed by atoms with Crippen molar-refractivity contribution in [2.75, 3.05) is 18.4 Å². The maximum absolute atomic E-state index is 15.1. The number of H-pyrrole nitrogens is 1. The van der Waals surface area contributed by atoms with Crippen molar-refractivity contribution in [1.29, 1.82) is 0 Å². The van der Waals surface area contributed by atoms with Crippen LogP contribution in [-0.4, -0.2) is 50.7 Å². The number of rotatable bonds is 8. The largest absolute Gasteiger partial charge is 0.457 e. The number of nitrogens with one attached hydrogen (secondary N) is 2. The van der Waals surface area contributed by atoms with Crippen LogP contribution in [0.3, 0.4) is 0 Å². The van der Waals surface area contributed by atoms with Gasteiger partial charge in [-0.15, -0.1) is 0 Å². The van der Waals surface area contributed by atoms with Crippen molar-refractivity contribution in [3.8, 4) is 11.5 Å². The Balaban J connectivity index is 1.37. The Morgan fingerprint density at radius 1 is 1.21 bits per heavy atom. The van der Waals surface area contributed by atoms with Gasteiger partial charge in [-0.25, -0.2) is 19.2 Å². The number of hydrogen-bond acceptors (Lipinski definition) is 6. The third-order valence-electron chi connectivity index (χ3n) is 6.63. The van der Waals surface area contributed by atoms with Gasteiger partial charge in [-0.3, -0.25) is 9.59 Å². The van der Waals surface area contributed by atoms with E-state index >= 15 is 4.39 Å². The molecule has 2 N–H and O–H groups in total. The maximum atomic E-state index is 15.1. The van der Waals surface area contributed by atoms with Gasteiger partial charge in [-0.2, -0.15) is 0 Å². The molecule has 2 aromatic heterocycles. The molecule has 0 saturated carbocycles. The molecule has 1 saturated heterocycles. The number of ketones is 1. The van der Waals surface area contributed by atoms with E-state index in [-0.39, 0.29) is 34.5 Å². The SMILES string of the molecule is [C-]#[N+]/C(=C\C)C(=O)N1CCCC1CNc1ncnc2[nH]cc(C(=O)c3ccc(Oc4ccccc4)cc3F)c12. The Labute approximate surface area is 224 Å². The van der Waals surface area contributed by atoms with Gasteiger partial charge in [0, 0.05) is 31.4 Å². The summed E-state index contributed by atoms with van der Waals surface area (Å²) in [5.74, 6) is -0.319. The van der Waals surface area contributed by atoms with Crippen LogP contribution in [0.2, 0.25) is 0 Å². The third-order valence-corrected chi connectivity index (χ3v) is 6.63. The molecule has 0 spiro atoms. The molecule has 0 aliphatic carbocycles. The van der Waals surface area contributed by atoms with Crippen molar-refractivity contribution in [3.63, 3.8) is 0 Å². The number of para-hydroxylation sites is 1. The van der Waals surface area contributed by atoms with Crippen molar-refractivity contribution < 1.29 is 18.7 Å². The number of benzene rings is 2. The van der Waals surface area contributed by atoms with E-state index in [1.165, 1.54) is 30.7 Å². The first kappa shape index (κ1) is 25.6. The Bertz CT molecular complexity index is 1610. The number of carbonyl (C=O) groups excluding carboxylic acids is 2. The predicted octanol–water partition coefficient (Wildman–Crippen LogP) is 5.35. The second-order valence-corrected chi connectivity index (χ2v) is 9.00. The number of amides is 1. The van der Waals surface area contributed by atoms with Crippen LogP contribution < -0.4 is 10.1 Å². The summed E-state index contributed by atoms with van der Waals surface area (Å²) in [6.45, 7) is 9.85. The molecule has 3 heterocycles. The third kappa shape index (κ3) is 5.20. The first-order chi connectivity index (χ1) is 19.0. The Hall–Kier alpha value is -5.04. The van der Waals surface area contributed by atoms with Crippen LogP contribution >= 0.6 is 0 Å². The number of allylic oxidation sites excluding steroid dienone is 1. The zero-order valence-corrected chi connectivity index (χ0v) is 21.1. The average Bonchev–Trinajstić information content (AvgIpc) is 3.60. The maximum Gasteiger partial charge on any atom is 0.252 e. The van der Waals surface area contributed by atoms with E-state index < -0.39 is 11.6 Å². The minimum absolute atomic E-state index is 0.0899. The number of halogens is 1. The van der Waals surface area contributed by atoms with Crippen molar-refractivity contribution in [3.05, 3.63) is 101 Å². The summed E-state index contributed by atoms with van der Waals surface area (Å²) in [6.07, 6.45) is 5.95. The first-order valence-electron chi connectivity index (χ1n) is 12.5. The highest BCUT2D eigenvalue weighted by Crippen LogP contribution is 2.29. The fourth-order valence-corrected chi connectivity index (χ4v) is 4.70. The molecular weight excluding hydrogens is 499 g/mol. The number of anilines is 1.